The molecule has 1 unspecified atom stereocenters. The fraction of sp³-hybridized carbons (Fsp3) is 0.417. The van der Waals surface area contributed by atoms with Gasteiger partial charge >= 0.3 is 0 Å². The van der Waals surface area contributed by atoms with E-state index in [9.17, 15) is 18.0 Å². The fourth-order valence-electron chi connectivity index (χ4n) is 3.15. The molecule has 0 radical (unpaired) electrons. The Morgan fingerprint density at radius 3 is 2.09 bits per heavy atom. The molecule has 2 aromatic carbocycles. The maximum Gasteiger partial charge on any atom is 0.244 e. The summed E-state index contributed by atoms with van der Waals surface area (Å²) in [6.07, 6.45) is 1.07. The van der Waals surface area contributed by atoms with E-state index < -0.39 is 28.5 Å². The molecule has 2 rings (SSSR count). The number of nitrogens with one attached hydrogen (secondary N) is 1. The molecule has 1 N–H and O–H groups in total. The summed E-state index contributed by atoms with van der Waals surface area (Å²) in [6.45, 7) is 7.91. The van der Waals surface area contributed by atoms with E-state index in [4.69, 9.17) is 0 Å². The Bertz CT molecular complexity index is 1050. The molecule has 0 aliphatic rings. The number of nitrogens with zero attached hydrogens (tertiary/aromatic N) is 2. The first kappa shape index (κ1) is 27.1. The lowest BCUT2D eigenvalue weighted by atomic mass is 10.1. The van der Waals surface area contributed by atoms with Gasteiger partial charge in [0, 0.05) is 16.7 Å². The predicted molar refractivity (Wildman–Crippen MR) is 140 cm³/mol. The number of sulfonamides is 1. The average molecular weight is 586 g/mol. The highest BCUT2D eigenvalue weighted by Gasteiger charge is 2.30. The van der Waals surface area contributed by atoms with Crippen molar-refractivity contribution in [3.05, 3.63) is 63.2 Å². The molecule has 33 heavy (non-hydrogen) atoms. The molecule has 1 atom stereocenters. The molecule has 0 saturated heterocycles. The highest BCUT2D eigenvalue weighted by molar-refractivity contribution is 14.1. The molecule has 2 amide bonds. The number of aryl methyl sites for hydroxylation is 1. The summed E-state index contributed by atoms with van der Waals surface area (Å²) >= 11 is 2.13. The van der Waals surface area contributed by atoms with Gasteiger partial charge in [0.2, 0.25) is 21.8 Å². The molecule has 0 spiro atoms. The topological polar surface area (TPSA) is 86.8 Å². The van der Waals surface area contributed by atoms with E-state index in [0.717, 1.165) is 25.3 Å². The summed E-state index contributed by atoms with van der Waals surface area (Å²) in [6, 6.07) is 13.8. The van der Waals surface area contributed by atoms with Gasteiger partial charge in [0.1, 0.15) is 12.6 Å². The number of benzene rings is 2. The molecule has 0 heterocycles. The van der Waals surface area contributed by atoms with Crippen LogP contribution in [0.4, 0.5) is 5.69 Å². The Morgan fingerprint density at radius 2 is 1.58 bits per heavy atom. The van der Waals surface area contributed by atoms with E-state index in [1.807, 2.05) is 45.0 Å². The van der Waals surface area contributed by atoms with E-state index in [1.54, 1.807) is 31.2 Å². The van der Waals surface area contributed by atoms with Crippen LogP contribution in [0, 0.1) is 16.4 Å². The van der Waals surface area contributed by atoms with E-state index in [1.165, 1.54) is 4.90 Å². The maximum atomic E-state index is 13.4. The highest BCUT2D eigenvalue weighted by atomic mass is 127. The van der Waals surface area contributed by atoms with Crippen molar-refractivity contribution in [1.29, 1.82) is 0 Å². The van der Waals surface area contributed by atoms with Gasteiger partial charge in [-0.2, -0.15) is 0 Å². The molecule has 9 heteroatoms. The largest absolute Gasteiger partial charge is 0.354 e. The Hall–Kier alpha value is -2.14. The van der Waals surface area contributed by atoms with Gasteiger partial charge in [0.25, 0.3) is 0 Å². The number of carbonyl (C=O) groups excluding carboxylic acids is 2. The van der Waals surface area contributed by atoms with Crippen molar-refractivity contribution in [2.75, 3.05) is 23.7 Å². The Kier molecular flexibility index (Phi) is 9.71. The van der Waals surface area contributed by atoms with Crippen molar-refractivity contribution in [3.8, 4) is 0 Å². The molecule has 0 saturated carbocycles. The molecular weight excluding hydrogens is 553 g/mol. The van der Waals surface area contributed by atoms with Crippen LogP contribution < -0.4 is 9.62 Å². The van der Waals surface area contributed by atoms with E-state index >= 15 is 0 Å². The second-order valence-corrected chi connectivity index (χ2v) is 11.7. The monoisotopic (exact) mass is 585 g/mol. The maximum absolute atomic E-state index is 13.4. The van der Waals surface area contributed by atoms with Crippen LogP contribution in [0.3, 0.4) is 0 Å². The quantitative estimate of drug-likeness (QED) is 0.433. The summed E-state index contributed by atoms with van der Waals surface area (Å²) in [4.78, 5) is 27.7. The number of carbonyl (C=O) groups is 2. The normalized spacial score (nSPS) is 12.3. The minimum Gasteiger partial charge on any atom is -0.354 e. The molecule has 0 aromatic heterocycles. The van der Waals surface area contributed by atoms with Gasteiger partial charge in [0.05, 0.1) is 11.9 Å². The van der Waals surface area contributed by atoms with Crippen LogP contribution in [0.2, 0.25) is 0 Å². The standard InChI is InChI=1S/C24H32IN3O4S/c1-17(2)14-26-24(30)19(4)27(15-20-8-6-18(3)7-9-20)23(29)16-28(33(5,31)32)22-12-10-21(25)11-13-22/h6-13,17,19H,14-16H2,1-5H3,(H,26,30). The Morgan fingerprint density at radius 1 is 1.00 bits per heavy atom. The number of rotatable bonds is 10. The Balaban J connectivity index is 2.34. The van der Waals surface area contributed by atoms with Crippen molar-refractivity contribution in [1.82, 2.24) is 10.2 Å². The Labute approximate surface area is 210 Å². The van der Waals surface area contributed by atoms with Gasteiger partial charge in [0.15, 0.2) is 0 Å². The number of anilines is 1. The minimum atomic E-state index is -3.72. The van der Waals surface area contributed by atoms with Crippen molar-refractivity contribution in [2.24, 2.45) is 5.92 Å². The molecule has 0 fully saturated rings. The molecule has 0 aliphatic heterocycles. The van der Waals surface area contributed by atoms with Gasteiger partial charge in [-0.1, -0.05) is 43.7 Å². The first-order valence-electron chi connectivity index (χ1n) is 10.7. The van der Waals surface area contributed by atoms with Crippen molar-refractivity contribution >= 4 is 50.1 Å². The first-order valence-corrected chi connectivity index (χ1v) is 13.7. The third kappa shape index (κ3) is 8.29. The minimum absolute atomic E-state index is 0.194. The number of halogens is 1. The van der Waals surface area contributed by atoms with Crippen LogP contribution in [0.1, 0.15) is 31.9 Å². The molecule has 0 aliphatic carbocycles. The van der Waals surface area contributed by atoms with Gasteiger partial charge in [-0.25, -0.2) is 8.42 Å². The molecule has 7 nitrogen and oxygen atoms in total. The van der Waals surface area contributed by atoms with Crippen LogP contribution in [-0.4, -0.2) is 50.5 Å². The fourth-order valence-corrected chi connectivity index (χ4v) is 4.36. The second kappa shape index (κ2) is 11.8. The van der Waals surface area contributed by atoms with Crippen LogP contribution >= 0.6 is 22.6 Å². The van der Waals surface area contributed by atoms with Crippen LogP contribution in [-0.2, 0) is 26.2 Å². The van der Waals surface area contributed by atoms with Crippen molar-refractivity contribution in [2.45, 2.75) is 40.3 Å². The van der Waals surface area contributed by atoms with Gasteiger partial charge in [-0.3, -0.25) is 13.9 Å². The van der Waals surface area contributed by atoms with Crippen molar-refractivity contribution < 1.29 is 18.0 Å². The summed E-state index contributed by atoms with van der Waals surface area (Å²) in [5.74, 6) is -0.458. The number of hydrogen-bond donors (Lipinski definition) is 1. The summed E-state index contributed by atoms with van der Waals surface area (Å²) < 4.78 is 27.1. The van der Waals surface area contributed by atoms with E-state index in [-0.39, 0.29) is 18.4 Å². The molecule has 2 aromatic rings. The third-order valence-corrected chi connectivity index (χ3v) is 6.98. The van der Waals surface area contributed by atoms with Gasteiger partial charge in [-0.15, -0.1) is 0 Å². The zero-order chi connectivity index (χ0) is 24.8. The molecule has 0 bridgehead atoms. The predicted octanol–water partition coefficient (Wildman–Crippen LogP) is 3.56. The lowest BCUT2D eigenvalue weighted by molar-refractivity contribution is -0.139. The lowest BCUT2D eigenvalue weighted by Crippen LogP contribution is -2.51. The van der Waals surface area contributed by atoms with Crippen LogP contribution in [0.15, 0.2) is 48.5 Å². The zero-order valence-electron chi connectivity index (χ0n) is 19.7. The highest BCUT2D eigenvalue weighted by Crippen LogP contribution is 2.20. The lowest BCUT2D eigenvalue weighted by Gasteiger charge is -2.31. The average Bonchev–Trinajstić information content (AvgIpc) is 2.74. The van der Waals surface area contributed by atoms with Crippen LogP contribution in [0.25, 0.3) is 0 Å². The smallest absolute Gasteiger partial charge is 0.244 e. The van der Waals surface area contributed by atoms with Gasteiger partial charge in [-0.05, 0) is 72.2 Å². The van der Waals surface area contributed by atoms with E-state index in [2.05, 4.69) is 27.9 Å². The van der Waals surface area contributed by atoms with Crippen molar-refractivity contribution in [3.63, 3.8) is 0 Å². The van der Waals surface area contributed by atoms with Gasteiger partial charge < -0.3 is 10.2 Å². The number of hydrogen-bond acceptors (Lipinski definition) is 4. The third-order valence-electron chi connectivity index (χ3n) is 5.12. The molecular formula is C24H32IN3O4S. The van der Waals surface area contributed by atoms with Crippen LogP contribution in [0.5, 0.6) is 0 Å². The zero-order valence-corrected chi connectivity index (χ0v) is 22.7. The summed E-state index contributed by atoms with van der Waals surface area (Å²) in [7, 11) is -3.72. The SMILES string of the molecule is Cc1ccc(CN(C(=O)CN(c2ccc(I)cc2)S(C)(=O)=O)C(C)C(=O)NCC(C)C)cc1. The molecule has 180 valence electrons. The first-order chi connectivity index (χ1) is 15.4. The summed E-state index contributed by atoms with van der Waals surface area (Å²) in [5, 5.41) is 2.87. The number of amides is 2. The second-order valence-electron chi connectivity index (χ2n) is 8.57. The van der Waals surface area contributed by atoms with E-state index in [0.29, 0.717) is 12.2 Å². The summed E-state index contributed by atoms with van der Waals surface area (Å²) in [5.41, 5.74) is 2.34.